The number of benzene rings is 1. The second-order valence-corrected chi connectivity index (χ2v) is 6.03. The van der Waals surface area contributed by atoms with Gasteiger partial charge in [0, 0.05) is 5.56 Å². The van der Waals surface area contributed by atoms with E-state index in [2.05, 4.69) is 13.0 Å². The molecule has 0 N–H and O–H groups in total. The van der Waals surface area contributed by atoms with Gasteiger partial charge in [0.2, 0.25) is 0 Å². The highest BCUT2D eigenvalue weighted by Crippen LogP contribution is 2.33. The number of aryl methyl sites for hydroxylation is 1. The molecule has 0 heterocycles. The van der Waals surface area contributed by atoms with E-state index in [0.717, 1.165) is 30.1 Å². The van der Waals surface area contributed by atoms with E-state index in [9.17, 15) is 4.79 Å². The third kappa shape index (κ3) is 4.19. The van der Waals surface area contributed by atoms with E-state index < -0.39 is 0 Å². The van der Waals surface area contributed by atoms with E-state index in [0.29, 0.717) is 0 Å². The van der Waals surface area contributed by atoms with E-state index in [1.807, 2.05) is 18.2 Å². The van der Waals surface area contributed by atoms with Crippen LogP contribution in [0.1, 0.15) is 67.8 Å². The summed E-state index contributed by atoms with van der Waals surface area (Å²) in [6.07, 6.45) is 11.7. The first-order valence-corrected chi connectivity index (χ1v) is 7.86. The molecule has 0 radical (unpaired) electrons. The average molecular weight is 258 g/mol. The van der Waals surface area contributed by atoms with E-state index in [1.165, 1.54) is 50.5 Å². The summed E-state index contributed by atoms with van der Waals surface area (Å²) in [6, 6.07) is 8.02. The largest absolute Gasteiger partial charge is 0.298 e. The van der Waals surface area contributed by atoms with Gasteiger partial charge in [-0.2, -0.15) is 0 Å². The molecule has 0 spiro atoms. The Morgan fingerprint density at radius 1 is 1.05 bits per heavy atom. The Kier molecular flexibility index (Phi) is 5.62. The van der Waals surface area contributed by atoms with Crippen LogP contribution in [0.3, 0.4) is 0 Å². The first-order valence-electron chi connectivity index (χ1n) is 7.86. The molecule has 0 unspecified atom stereocenters. The lowest BCUT2D eigenvalue weighted by Gasteiger charge is -2.28. The maximum absolute atomic E-state index is 11.0. The Balaban J connectivity index is 1.79. The molecular weight excluding hydrogens is 232 g/mol. The van der Waals surface area contributed by atoms with Gasteiger partial charge in [-0.25, -0.2) is 0 Å². The Bertz CT molecular complexity index is 388. The Morgan fingerprint density at radius 2 is 1.68 bits per heavy atom. The minimum absolute atomic E-state index is 0.877. The standard InChI is InChI=1S/C18H26O/c1-2-5-15-8-10-16(11-9-15)12-13-17-6-3-4-7-18(17)14-19/h3-4,6-7,14-16H,2,5,8-13H2,1H3. The molecule has 0 saturated heterocycles. The number of aldehydes is 1. The number of rotatable bonds is 6. The predicted molar refractivity (Wildman–Crippen MR) is 80.5 cm³/mol. The van der Waals surface area contributed by atoms with Gasteiger partial charge in [0.1, 0.15) is 6.29 Å². The highest BCUT2D eigenvalue weighted by molar-refractivity contribution is 5.77. The van der Waals surface area contributed by atoms with Crippen LogP contribution in [0.25, 0.3) is 0 Å². The van der Waals surface area contributed by atoms with Gasteiger partial charge < -0.3 is 0 Å². The van der Waals surface area contributed by atoms with Crippen molar-refractivity contribution >= 4 is 6.29 Å². The van der Waals surface area contributed by atoms with Crippen LogP contribution in [0.4, 0.5) is 0 Å². The minimum atomic E-state index is 0.877. The van der Waals surface area contributed by atoms with Gasteiger partial charge in [-0.15, -0.1) is 0 Å². The maximum Gasteiger partial charge on any atom is 0.150 e. The first kappa shape index (κ1) is 14.3. The molecule has 0 aromatic heterocycles. The predicted octanol–water partition coefficient (Wildman–Crippen LogP) is 5.04. The zero-order valence-electron chi connectivity index (χ0n) is 12.1. The smallest absolute Gasteiger partial charge is 0.150 e. The lowest BCUT2D eigenvalue weighted by Crippen LogP contribution is -2.15. The summed E-state index contributed by atoms with van der Waals surface area (Å²) in [7, 11) is 0. The number of hydrogen-bond donors (Lipinski definition) is 0. The van der Waals surface area contributed by atoms with E-state index in [-0.39, 0.29) is 0 Å². The van der Waals surface area contributed by atoms with Gasteiger partial charge in [0.05, 0.1) is 0 Å². The van der Waals surface area contributed by atoms with Gasteiger partial charge in [0.15, 0.2) is 0 Å². The zero-order chi connectivity index (χ0) is 13.5. The fourth-order valence-corrected chi connectivity index (χ4v) is 3.45. The monoisotopic (exact) mass is 258 g/mol. The van der Waals surface area contributed by atoms with Gasteiger partial charge >= 0.3 is 0 Å². The summed E-state index contributed by atoms with van der Waals surface area (Å²) in [5, 5.41) is 0. The van der Waals surface area contributed by atoms with Crippen molar-refractivity contribution in [1.29, 1.82) is 0 Å². The van der Waals surface area contributed by atoms with Crippen LogP contribution in [0.2, 0.25) is 0 Å². The van der Waals surface area contributed by atoms with Crippen molar-refractivity contribution in [2.24, 2.45) is 11.8 Å². The summed E-state index contributed by atoms with van der Waals surface area (Å²) in [5.74, 6) is 1.87. The molecule has 0 aliphatic heterocycles. The van der Waals surface area contributed by atoms with Crippen LogP contribution in [0.5, 0.6) is 0 Å². The molecule has 0 amide bonds. The molecule has 2 rings (SSSR count). The van der Waals surface area contributed by atoms with Crippen molar-refractivity contribution in [2.45, 2.75) is 58.3 Å². The molecule has 1 heteroatoms. The number of hydrogen-bond acceptors (Lipinski definition) is 1. The van der Waals surface area contributed by atoms with Crippen LogP contribution in [0.15, 0.2) is 24.3 Å². The lowest BCUT2D eigenvalue weighted by atomic mass is 9.78. The molecule has 1 aromatic carbocycles. The summed E-state index contributed by atoms with van der Waals surface area (Å²) in [6.45, 7) is 2.29. The van der Waals surface area contributed by atoms with Gasteiger partial charge in [-0.1, -0.05) is 69.7 Å². The van der Waals surface area contributed by atoms with Crippen LogP contribution >= 0.6 is 0 Å². The van der Waals surface area contributed by atoms with Crippen molar-refractivity contribution in [1.82, 2.24) is 0 Å². The third-order valence-corrected chi connectivity index (χ3v) is 4.67. The van der Waals surface area contributed by atoms with Crippen LogP contribution in [-0.4, -0.2) is 6.29 Å². The molecule has 0 bridgehead atoms. The molecule has 0 atom stereocenters. The van der Waals surface area contributed by atoms with E-state index in [4.69, 9.17) is 0 Å². The lowest BCUT2D eigenvalue weighted by molar-refractivity contribution is 0.112. The van der Waals surface area contributed by atoms with E-state index >= 15 is 0 Å². The molecule has 1 nitrogen and oxygen atoms in total. The zero-order valence-corrected chi connectivity index (χ0v) is 12.1. The summed E-state index contributed by atoms with van der Waals surface area (Å²) in [5.41, 5.74) is 2.11. The second-order valence-electron chi connectivity index (χ2n) is 6.03. The van der Waals surface area contributed by atoms with Crippen molar-refractivity contribution in [3.63, 3.8) is 0 Å². The fraction of sp³-hybridized carbons (Fsp3) is 0.611. The normalized spacial score (nSPS) is 23.2. The van der Waals surface area contributed by atoms with Gasteiger partial charge in [-0.3, -0.25) is 4.79 Å². The minimum Gasteiger partial charge on any atom is -0.298 e. The number of carbonyl (C=O) groups excluding carboxylic acids is 1. The number of carbonyl (C=O) groups is 1. The third-order valence-electron chi connectivity index (χ3n) is 4.67. The van der Waals surface area contributed by atoms with Crippen molar-refractivity contribution < 1.29 is 4.79 Å². The molecule has 1 aliphatic rings. The van der Waals surface area contributed by atoms with E-state index in [1.54, 1.807) is 0 Å². The van der Waals surface area contributed by atoms with Gasteiger partial charge in [0.25, 0.3) is 0 Å². The van der Waals surface area contributed by atoms with Gasteiger partial charge in [-0.05, 0) is 30.2 Å². The van der Waals surface area contributed by atoms with Crippen LogP contribution in [-0.2, 0) is 6.42 Å². The topological polar surface area (TPSA) is 17.1 Å². The van der Waals surface area contributed by atoms with Crippen molar-refractivity contribution in [3.05, 3.63) is 35.4 Å². The quantitative estimate of drug-likeness (QED) is 0.653. The molecule has 1 fully saturated rings. The Labute approximate surface area is 117 Å². The van der Waals surface area contributed by atoms with Crippen molar-refractivity contribution in [2.75, 3.05) is 0 Å². The molecule has 1 aromatic rings. The second kappa shape index (κ2) is 7.47. The summed E-state index contributed by atoms with van der Waals surface area (Å²) >= 11 is 0. The highest BCUT2D eigenvalue weighted by atomic mass is 16.1. The SMILES string of the molecule is CCCC1CCC(CCc2ccccc2C=O)CC1. The Morgan fingerprint density at radius 3 is 2.32 bits per heavy atom. The van der Waals surface area contributed by atoms with Crippen molar-refractivity contribution in [3.8, 4) is 0 Å². The molecule has 19 heavy (non-hydrogen) atoms. The molecule has 104 valence electrons. The summed E-state index contributed by atoms with van der Waals surface area (Å²) in [4.78, 5) is 11.0. The maximum atomic E-state index is 11.0. The Hall–Kier alpha value is -1.11. The first-order chi connectivity index (χ1) is 9.33. The summed E-state index contributed by atoms with van der Waals surface area (Å²) < 4.78 is 0. The molecular formula is C18H26O. The average Bonchev–Trinajstić information content (AvgIpc) is 2.47. The van der Waals surface area contributed by atoms with Crippen LogP contribution in [0, 0.1) is 11.8 Å². The highest BCUT2D eigenvalue weighted by Gasteiger charge is 2.20. The molecule has 1 aliphatic carbocycles. The van der Waals surface area contributed by atoms with Crippen LogP contribution < -0.4 is 0 Å². The fourth-order valence-electron chi connectivity index (χ4n) is 3.45. The molecule has 1 saturated carbocycles.